The summed E-state index contributed by atoms with van der Waals surface area (Å²) in [6.07, 6.45) is 2.03. The molecular weight excluding hydrogens is 328 g/mol. The van der Waals surface area contributed by atoms with Gasteiger partial charge in [-0.05, 0) is 41.7 Å². The monoisotopic (exact) mass is 352 g/mol. The first-order valence-corrected chi connectivity index (χ1v) is 9.01. The van der Waals surface area contributed by atoms with E-state index < -0.39 is 0 Å². The van der Waals surface area contributed by atoms with Crippen molar-refractivity contribution in [2.75, 3.05) is 13.1 Å². The van der Waals surface area contributed by atoms with Crippen LogP contribution in [0.5, 0.6) is 5.75 Å². The normalized spacial score (nSPS) is 13.2. The fraction of sp³-hybridized carbons (Fsp3) is 0.333. The molecule has 1 aliphatic rings. The summed E-state index contributed by atoms with van der Waals surface area (Å²) in [6.45, 7) is 1.88. The second kappa shape index (κ2) is 8.52. The maximum atomic E-state index is 12.4. The molecule has 2 N–H and O–H groups in total. The third-order valence-electron chi connectivity index (χ3n) is 4.72. The lowest BCUT2D eigenvalue weighted by Gasteiger charge is -2.28. The second-order valence-corrected chi connectivity index (χ2v) is 6.60. The lowest BCUT2D eigenvalue weighted by atomic mass is 9.99. The molecule has 0 bridgehead atoms. The van der Waals surface area contributed by atoms with E-state index in [1.54, 1.807) is 12.1 Å². The highest BCUT2D eigenvalue weighted by molar-refractivity contribution is 5.83. The maximum Gasteiger partial charge on any atom is 0.223 e. The Morgan fingerprint density at radius 1 is 1.00 bits per heavy atom. The summed E-state index contributed by atoms with van der Waals surface area (Å²) in [6, 6.07) is 15.1. The van der Waals surface area contributed by atoms with Gasteiger partial charge in [0, 0.05) is 32.5 Å². The molecule has 0 saturated carbocycles. The van der Waals surface area contributed by atoms with Crippen LogP contribution in [0.1, 0.15) is 29.5 Å². The van der Waals surface area contributed by atoms with Crippen LogP contribution >= 0.6 is 0 Å². The van der Waals surface area contributed by atoms with Crippen molar-refractivity contribution in [3.05, 3.63) is 65.2 Å². The number of hydrogen-bond acceptors (Lipinski definition) is 3. The molecule has 3 rings (SSSR count). The van der Waals surface area contributed by atoms with Gasteiger partial charge in [0.1, 0.15) is 5.75 Å². The molecule has 2 amide bonds. The largest absolute Gasteiger partial charge is 0.508 e. The van der Waals surface area contributed by atoms with Crippen LogP contribution < -0.4 is 5.32 Å². The van der Waals surface area contributed by atoms with Crippen molar-refractivity contribution in [3.63, 3.8) is 0 Å². The van der Waals surface area contributed by atoms with Gasteiger partial charge in [0.2, 0.25) is 11.8 Å². The van der Waals surface area contributed by atoms with Crippen LogP contribution in [-0.2, 0) is 29.0 Å². The van der Waals surface area contributed by atoms with Crippen molar-refractivity contribution in [1.29, 1.82) is 0 Å². The molecule has 0 spiro atoms. The predicted molar refractivity (Wildman–Crippen MR) is 99.6 cm³/mol. The molecule has 0 aliphatic carbocycles. The maximum absolute atomic E-state index is 12.4. The summed E-state index contributed by atoms with van der Waals surface area (Å²) >= 11 is 0. The van der Waals surface area contributed by atoms with E-state index in [4.69, 9.17) is 0 Å². The quantitative estimate of drug-likeness (QED) is 0.839. The summed E-state index contributed by atoms with van der Waals surface area (Å²) < 4.78 is 0. The van der Waals surface area contributed by atoms with Crippen LogP contribution in [0.15, 0.2) is 48.5 Å². The van der Waals surface area contributed by atoms with Crippen molar-refractivity contribution < 1.29 is 14.7 Å². The molecule has 5 heteroatoms. The van der Waals surface area contributed by atoms with Gasteiger partial charge in [0.25, 0.3) is 0 Å². The number of hydrogen-bond donors (Lipinski definition) is 2. The molecular formula is C21H24N2O3. The Balaban J connectivity index is 1.37. The molecule has 0 radical (unpaired) electrons. The van der Waals surface area contributed by atoms with Crippen molar-refractivity contribution in [2.45, 2.75) is 32.2 Å². The third-order valence-corrected chi connectivity index (χ3v) is 4.72. The number of phenols is 1. The van der Waals surface area contributed by atoms with Crippen LogP contribution in [0.25, 0.3) is 0 Å². The Bertz CT molecular complexity index is 771. The Labute approximate surface area is 153 Å². The van der Waals surface area contributed by atoms with E-state index in [0.717, 1.165) is 18.5 Å². The number of rotatable bonds is 6. The molecule has 1 heterocycles. The number of phenolic OH excluding ortho intramolecular Hbond substituents is 1. The van der Waals surface area contributed by atoms with E-state index in [-0.39, 0.29) is 30.4 Å². The van der Waals surface area contributed by atoms with Crippen LogP contribution in [0, 0.1) is 0 Å². The van der Waals surface area contributed by atoms with Crippen molar-refractivity contribution in [1.82, 2.24) is 10.2 Å². The molecule has 0 fully saturated rings. The average molecular weight is 352 g/mol. The summed E-state index contributed by atoms with van der Waals surface area (Å²) in [5, 5.41) is 12.1. The number of carbonyl (C=O) groups is 2. The minimum absolute atomic E-state index is 0.0354. The highest BCUT2D eigenvalue weighted by Gasteiger charge is 2.20. The van der Waals surface area contributed by atoms with E-state index in [2.05, 4.69) is 17.4 Å². The lowest BCUT2D eigenvalue weighted by molar-refractivity contribution is -0.134. The van der Waals surface area contributed by atoms with Gasteiger partial charge >= 0.3 is 0 Å². The number of fused-ring (bicyclic) bond motifs is 1. The van der Waals surface area contributed by atoms with E-state index in [1.807, 2.05) is 29.2 Å². The molecule has 0 saturated heterocycles. The van der Waals surface area contributed by atoms with E-state index in [1.165, 1.54) is 11.1 Å². The van der Waals surface area contributed by atoms with E-state index >= 15 is 0 Å². The van der Waals surface area contributed by atoms with Crippen LogP contribution in [-0.4, -0.2) is 34.9 Å². The van der Waals surface area contributed by atoms with E-state index in [0.29, 0.717) is 19.5 Å². The summed E-state index contributed by atoms with van der Waals surface area (Å²) in [5.74, 6) is 0.166. The first-order chi connectivity index (χ1) is 12.6. The van der Waals surface area contributed by atoms with Gasteiger partial charge in [-0.15, -0.1) is 0 Å². The van der Waals surface area contributed by atoms with Gasteiger partial charge in [0.15, 0.2) is 0 Å². The number of amides is 2. The summed E-state index contributed by atoms with van der Waals surface area (Å²) in [5.41, 5.74) is 3.56. The van der Waals surface area contributed by atoms with E-state index in [9.17, 15) is 14.7 Å². The van der Waals surface area contributed by atoms with Crippen molar-refractivity contribution in [3.8, 4) is 5.75 Å². The molecule has 1 aliphatic heterocycles. The zero-order valence-electron chi connectivity index (χ0n) is 14.8. The molecule has 5 nitrogen and oxygen atoms in total. The summed E-state index contributed by atoms with van der Waals surface area (Å²) in [4.78, 5) is 26.2. The van der Waals surface area contributed by atoms with Gasteiger partial charge in [-0.25, -0.2) is 0 Å². The van der Waals surface area contributed by atoms with Crippen LogP contribution in [0.3, 0.4) is 0 Å². The molecule has 26 heavy (non-hydrogen) atoms. The van der Waals surface area contributed by atoms with Gasteiger partial charge < -0.3 is 15.3 Å². The molecule has 2 aromatic carbocycles. The number of carbonyl (C=O) groups excluding carboxylic acids is 2. The van der Waals surface area contributed by atoms with Gasteiger partial charge in [-0.1, -0.05) is 36.4 Å². The highest BCUT2D eigenvalue weighted by atomic mass is 16.3. The zero-order chi connectivity index (χ0) is 18.4. The second-order valence-electron chi connectivity index (χ2n) is 6.60. The molecule has 136 valence electrons. The van der Waals surface area contributed by atoms with Crippen molar-refractivity contribution in [2.24, 2.45) is 0 Å². The van der Waals surface area contributed by atoms with Crippen LogP contribution in [0.2, 0.25) is 0 Å². The Morgan fingerprint density at radius 2 is 1.73 bits per heavy atom. The van der Waals surface area contributed by atoms with Gasteiger partial charge in [-0.3, -0.25) is 9.59 Å². The Morgan fingerprint density at radius 3 is 2.50 bits per heavy atom. The first-order valence-electron chi connectivity index (χ1n) is 9.01. The number of aromatic hydroxyl groups is 1. The van der Waals surface area contributed by atoms with Crippen LogP contribution in [0.4, 0.5) is 0 Å². The predicted octanol–water partition coefficient (Wildman–Crippen LogP) is 2.42. The third kappa shape index (κ3) is 4.85. The number of nitrogens with one attached hydrogen (secondary N) is 1. The molecule has 2 aromatic rings. The Hall–Kier alpha value is -2.82. The standard InChI is InChI=1S/C21H24N2O3/c24-19-7-5-16(6-8-19)11-13-22-20(25)9-10-21(26)23-14-12-17-3-1-2-4-18(17)15-23/h1-8,24H,9-15H2,(H,22,25). The highest BCUT2D eigenvalue weighted by Crippen LogP contribution is 2.19. The fourth-order valence-corrected chi connectivity index (χ4v) is 3.18. The molecule has 0 atom stereocenters. The summed E-state index contributed by atoms with van der Waals surface area (Å²) in [7, 11) is 0. The minimum atomic E-state index is -0.102. The zero-order valence-corrected chi connectivity index (χ0v) is 14.8. The van der Waals surface area contributed by atoms with Crippen molar-refractivity contribution >= 4 is 11.8 Å². The number of nitrogens with zero attached hydrogens (tertiary/aromatic N) is 1. The molecule has 0 unspecified atom stereocenters. The topological polar surface area (TPSA) is 69.6 Å². The Kier molecular flexibility index (Phi) is 5.89. The minimum Gasteiger partial charge on any atom is -0.508 e. The lowest BCUT2D eigenvalue weighted by Crippen LogP contribution is -2.36. The van der Waals surface area contributed by atoms with Gasteiger partial charge in [0.05, 0.1) is 0 Å². The fourth-order valence-electron chi connectivity index (χ4n) is 3.18. The molecule has 0 aromatic heterocycles. The smallest absolute Gasteiger partial charge is 0.223 e. The van der Waals surface area contributed by atoms with Gasteiger partial charge in [-0.2, -0.15) is 0 Å². The first kappa shape index (κ1) is 18.0. The number of benzene rings is 2. The SMILES string of the molecule is O=C(CCC(=O)N1CCc2ccccc2C1)NCCc1ccc(O)cc1. The average Bonchev–Trinajstić information content (AvgIpc) is 2.67.